The second-order valence-corrected chi connectivity index (χ2v) is 10.2. The van der Waals surface area contributed by atoms with E-state index in [-0.39, 0.29) is 35.0 Å². The first kappa shape index (κ1) is 21.0. The summed E-state index contributed by atoms with van der Waals surface area (Å²) in [5, 5.41) is 9.68. The van der Waals surface area contributed by atoms with Gasteiger partial charge in [0.1, 0.15) is 6.04 Å². The molecule has 2 fully saturated rings. The van der Waals surface area contributed by atoms with Gasteiger partial charge in [-0.25, -0.2) is 0 Å². The van der Waals surface area contributed by atoms with Gasteiger partial charge >= 0.3 is 0 Å². The minimum Gasteiger partial charge on any atom is -0.322 e. The number of amides is 3. The number of rotatable bonds is 4. The van der Waals surface area contributed by atoms with Gasteiger partial charge in [0.05, 0.1) is 0 Å². The van der Waals surface area contributed by atoms with E-state index < -0.39 is 6.04 Å². The summed E-state index contributed by atoms with van der Waals surface area (Å²) >= 11 is 0. The molecule has 7 heteroatoms. The summed E-state index contributed by atoms with van der Waals surface area (Å²) < 4.78 is 0. The smallest absolute Gasteiger partial charge is 0.255 e. The summed E-state index contributed by atoms with van der Waals surface area (Å²) in [6.45, 7) is 12.1. The maximum atomic E-state index is 13.0. The Morgan fingerprint density at radius 3 is 2.47 bits per heavy atom. The Kier molecular flexibility index (Phi) is 5.22. The minimum atomic E-state index is -0.578. The van der Waals surface area contributed by atoms with Gasteiger partial charge in [0.25, 0.3) is 5.91 Å². The second-order valence-electron chi connectivity index (χ2n) is 10.2. The van der Waals surface area contributed by atoms with Crippen LogP contribution < -0.4 is 16.0 Å². The average molecular weight is 413 g/mol. The lowest BCUT2D eigenvalue weighted by molar-refractivity contribution is -0.136. The van der Waals surface area contributed by atoms with Crippen molar-refractivity contribution in [2.75, 3.05) is 13.1 Å². The van der Waals surface area contributed by atoms with Gasteiger partial charge in [-0.15, -0.1) is 0 Å². The molecule has 1 unspecified atom stereocenters. The Hall–Kier alpha value is -2.25. The molecule has 0 spiro atoms. The molecule has 0 bridgehead atoms. The molecule has 0 radical (unpaired) electrons. The Balaban J connectivity index is 1.53. The van der Waals surface area contributed by atoms with Gasteiger partial charge in [0, 0.05) is 44.2 Å². The van der Waals surface area contributed by atoms with Crippen LogP contribution in [0.1, 0.15) is 62.0 Å². The first-order valence-electron chi connectivity index (χ1n) is 10.8. The molecule has 162 valence electrons. The Morgan fingerprint density at radius 2 is 1.80 bits per heavy atom. The maximum absolute atomic E-state index is 13.0. The number of imide groups is 1. The number of nitrogens with zero attached hydrogens (tertiary/aromatic N) is 1. The molecule has 4 rings (SSSR count). The van der Waals surface area contributed by atoms with Crippen molar-refractivity contribution < 1.29 is 14.4 Å². The molecule has 0 aromatic heterocycles. The fraction of sp³-hybridized carbons (Fsp3) is 0.609. The largest absolute Gasteiger partial charge is 0.322 e. The summed E-state index contributed by atoms with van der Waals surface area (Å²) in [6.07, 6.45) is 0.653. The standard InChI is InChI=1S/C23H32N4O3/c1-22(2)12-24-13-23(3,4)21(22)25-10-14-6-5-7-15-16(14)11-27(20(15)30)17-8-9-18(28)26-19(17)29/h5-7,17,21,24-25H,8-13H2,1-4H3,(H,26,28,29). The van der Waals surface area contributed by atoms with Crippen molar-refractivity contribution in [3.8, 4) is 0 Å². The number of fused-ring (bicyclic) bond motifs is 1. The van der Waals surface area contributed by atoms with Crippen LogP contribution in [0.2, 0.25) is 0 Å². The van der Waals surface area contributed by atoms with Crippen molar-refractivity contribution in [3.63, 3.8) is 0 Å². The van der Waals surface area contributed by atoms with E-state index >= 15 is 0 Å². The van der Waals surface area contributed by atoms with Crippen LogP contribution in [0, 0.1) is 10.8 Å². The normalized spacial score (nSPS) is 25.9. The molecule has 3 aliphatic heterocycles. The molecule has 7 nitrogen and oxygen atoms in total. The van der Waals surface area contributed by atoms with Gasteiger partial charge in [-0.2, -0.15) is 0 Å². The number of hydrogen-bond acceptors (Lipinski definition) is 5. The first-order chi connectivity index (χ1) is 14.1. The van der Waals surface area contributed by atoms with E-state index in [9.17, 15) is 14.4 Å². The van der Waals surface area contributed by atoms with Crippen molar-refractivity contribution in [1.82, 2.24) is 20.9 Å². The molecule has 2 saturated heterocycles. The van der Waals surface area contributed by atoms with E-state index in [1.165, 1.54) is 0 Å². The number of carbonyl (C=O) groups excluding carboxylic acids is 3. The summed E-state index contributed by atoms with van der Waals surface area (Å²) in [7, 11) is 0. The maximum Gasteiger partial charge on any atom is 0.255 e. The molecule has 3 amide bonds. The van der Waals surface area contributed by atoms with Crippen LogP contribution in [0.5, 0.6) is 0 Å². The molecule has 3 heterocycles. The van der Waals surface area contributed by atoms with E-state index in [4.69, 9.17) is 0 Å². The highest BCUT2D eigenvalue weighted by atomic mass is 16.2. The molecule has 3 N–H and O–H groups in total. The highest BCUT2D eigenvalue weighted by Crippen LogP contribution is 2.37. The highest BCUT2D eigenvalue weighted by Gasteiger charge is 2.44. The number of nitrogens with one attached hydrogen (secondary N) is 3. The monoisotopic (exact) mass is 412 g/mol. The van der Waals surface area contributed by atoms with Crippen LogP contribution >= 0.6 is 0 Å². The first-order valence-corrected chi connectivity index (χ1v) is 10.8. The quantitative estimate of drug-likeness (QED) is 0.653. The number of benzene rings is 1. The van der Waals surface area contributed by atoms with Gasteiger partial charge < -0.3 is 15.5 Å². The summed E-state index contributed by atoms with van der Waals surface area (Å²) in [5.41, 5.74) is 2.97. The molecule has 30 heavy (non-hydrogen) atoms. The lowest BCUT2D eigenvalue weighted by Crippen LogP contribution is -2.62. The Labute approximate surface area is 178 Å². The molecule has 0 aliphatic carbocycles. The van der Waals surface area contributed by atoms with E-state index in [0.717, 1.165) is 24.2 Å². The summed E-state index contributed by atoms with van der Waals surface area (Å²) in [6, 6.07) is 5.57. The molecule has 0 saturated carbocycles. The predicted octanol–water partition coefficient (Wildman–Crippen LogP) is 1.56. The fourth-order valence-corrected chi connectivity index (χ4v) is 5.55. The van der Waals surface area contributed by atoms with E-state index in [1.807, 2.05) is 12.1 Å². The lowest BCUT2D eigenvalue weighted by Gasteiger charge is -2.50. The van der Waals surface area contributed by atoms with Crippen molar-refractivity contribution in [2.24, 2.45) is 10.8 Å². The zero-order chi connectivity index (χ0) is 21.7. The van der Waals surface area contributed by atoms with Crippen molar-refractivity contribution in [3.05, 3.63) is 34.9 Å². The topological polar surface area (TPSA) is 90.5 Å². The molecular formula is C23H32N4O3. The Bertz CT molecular complexity index is 876. The molecule has 1 aromatic rings. The number of hydrogen-bond donors (Lipinski definition) is 3. The molecular weight excluding hydrogens is 380 g/mol. The van der Waals surface area contributed by atoms with Crippen LogP contribution in [0.25, 0.3) is 0 Å². The van der Waals surface area contributed by atoms with Crippen LogP contribution in [-0.4, -0.2) is 47.8 Å². The fourth-order valence-electron chi connectivity index (χ4n) is 5.55. The molecule has 1 atom stereocenters. The number of carbonyl (C=O) groups is 3. The summed E-state index contributed by atoms with van der Waals surface area (Å²) in [4.78, 5) is 38.4. The van der Waals surface area contributed by atoms with Gasteiger partial charge in [0.2, 0.25) is 11.8 Å². The van der Waals surface area contributed by atoms with Crippen LogP contribution in [0.15, 0.2) is 18.2 Å². The third-order valence-electron chi connectivity index (χ3n) is 6.90. The lowest BCUT2D eigenvalue weighted by atomic mass is 9.67. The van der Waals surface area contributed by atoms with Crippen molar-refractivity contribution >= 4 is 17.7 Å². The average Bonchev–Trinajstić information content (AvgIpc) is 2.98. The van der Waals surface area contributed by atoms with E-state index in [1.54, 1.807) is 4.90 Å². The van der Waals surface area contributed by atoms with Gasteiger partial charge in [0.15, 0.2) is 0 Å². The summed E-state index contributed by atoms with van der Waals surface area (Å²) in [5.74, 6) is -0.758. The van der Waals surface area contributed by atoms with E-state index in [0.29, 0.717) is 31.1 Å². The zero-order valence-electron chi connectivity index (χ0n) is 18.3. The van der Waals surface area contributed by atoms with Gasteiger partial charge in [-0.3, -0.25) is 19.7 Å². The van der Waals surface area contributed by atoms with Crippen LogP contribution in [-0.2, 0) is 22.7 Å². The van der Waals surface area contributed by atoms with Crippen LogP contribution in [0.3, 0.4) is 0 Å². The highest BCUT2D eigenvalue weighted by molar-refractivity contribution is 6.05. The van der Waals surface area contributed by atoms with Crippen LogP contribution in [0.4, 0.5) is 0 Å². The SMILES string of the molecule is CC1(C)CNCC(C)(C)C1NCc1cccc2c1CN(C1CCC(=O)NC1=O)C2=O. The third kappa shape index (κ3) is 3.65. The predicted molar refractivity (Wildman–Crippen MR) is 114 cm³/mol. The van der Waals surface area contributed by atoms with Crippen molar-refractivity contribution in [2.45, 2.75) is 65.7 Å². The number of piperidine rings is 2. The zero-order valence-corrected chi connectivity index (χ0v) is 18.3. The van der Waals surface area contributed by atoms with E-state index in [2.05, 4.69) is 49.7 Å². The third-order valence-corrected chi connectivity index (χ3v) is 6.90. The van der Waals surface area contributed by atoms with Gasteiger partial charge in [-0.1, -0.05) is 39.8 Å². The minimum absolute atomic E-state index is 0.105. The second kappa shape index (κ2) is 7.46. The van der Waals surface area contributed by atoms with Gasteiger partial charge in [-0.05, 0) is 34.4 Å². The Morgan fingerprint density at radius 1 is 1.10 bits per heavy atom. The van der Waals surface area contributed by atoms with Crippen molar-refractivity contribution in [1.29, 1.82) is 0 Å². The molecule has 1 aromatic carbocycles. The molecule has 3 aliphatic rings.